The third-order valence-corrected chi connectivity index (χ3v) is 60.5. The predicted molar refractivity (Wildman–Crippen MR) is 155 cm³/mol. The molecule has 0 aliphatic heterocycles. The molecule has 0 aromatic heterocycles. The molecule has 2 aliphatic carbocycles. The molecule has 2 nitrogen and oxygen atoms in total. The van der Waals surface area contributed by atoms with Gasteiger partial charge in [0.05, 0.1) is 0 Å². The zero-order valence-corrected chi connectivity index (χ0v) is 28.0. The fourth-order valence-electron chi connectivity index (χ4n) is 6.88. The second-order valence-electron chi connectivity index (χ2n) is 10.5. The monoisotopic (exact) mass is 663 g/mol. The first-order valence-electron chi connectivity index (χ1n) is 13.9. The molecule has 0 bridgehead atoms. The summed E-state index contributed by atoms with van der Waals surface area (Å²) in [6.07, 6.45) is 6.07. The van der Waals surface area contributed by atoms with Crippen LogP contribution in [0.4, 0.5) is 0 Å². The van der Waals surface area contributed by atoms with E-state index in [4.69, 9.17) is 0 Å². The van der Waals surface area contributed by atoms with Gasteiger partial charge in [0.15, 0.2) is 0 Å². The van der Waals surface area contributed by atoms with E-state index in [1.54, 1.807) is 11.1 Å². The van der Waals surface area contributed by atoms with Crippen molar-refractivity contribution >= 4 is 23.5 Å². The zero-order valence-electron chi connectivity index (χ0n) is 22.7. The topological polar surface area (TPSA) is 6.48 Å². The first-order chi connectivity index (χ1) is 17.5. The molecule has 0 N–H and O–H groups in total. The Balaban J connectivity index is 1.69. The van der Waals surface area contributed by atoms with Crippen LogP contribution < -0.4 is 3.58 Å². The number of benzene rings is 3. The SMILES string of the molecule is CC[N](CC)[Zr]([N](CC)CC)[Sn]([CH3])([CH2]C1C=Cc2ccccc21)[c]1cccc2c1Cc1ccccc1-2. The Kier molecular flexibility index (Phi) is 8.42. The summed E-state index contributed by atoms with van der Waals surface area (Å²) in [4.78, 5) is 2.87. The summed E-state index contributed by atoms with van der Waals surface area (Å²) >= 11 is -5.13. The van der Waals surface area contributed by atoms with Crippen molar-refractivity contribution in [2.24, 2.45) is 0 Å². The molecule has 0 amide bonds. The van der Waals surface area contributed by atoms with Crippen LogP contribution >= 0.6 is 0 Å². The van der Waals surface area contributed by atoms with Gasteiger partial charge in [-0.1, -0.05) is 0 Å². The predicted octanol–water partition coefficient (Wildman–Crippen LogP) is 6.98. The Labute approximate surface area is 227 Å². The van der Waals surface area contributed by atoms with Gasteiger partial charge in [-0.2, -0.15) is 0 Å². The summed E-state index contributed by atoms with van der Waals surface area (Å²) < 4.78 is 9.23. The minimum atomic E-state index is -2.95. The zero-order chi connectivity index (χ0) is 25.3. The molecule has 0 fully saturated rings. The van der Waals surface area contributed by atoms with Crippen LogP contribution in [-0.2, 0) is 24.6 Å². The second kappa shape index (κ2) is 11.4. The molecule has 0 saturated carbocycles. The van der Waals surface area contributed by atoms with Crippen molar-refractivity contribution in [3.05, 3.63) is 95.1 Å². The van der Waals surface area contributed by atoms with Gasteiger partial charge in [0.2, 0.25) is 0 Å². The van der Waals surface area contributed by atoms with Crippen molar-refractivity contribution in [1.82, 2.24) is 5.69 Å². The van der Waals surface area contributed by atoms with Gasteiger partial charge in [-0.05, 0) is 0 Å². The molecule has 0 radical (unpaired) electrons. The van der Waals surface area contributed by atoms with Gasteiger partial charge in [-0.3, -0.25) is 0 Å². The number of hydrogen-bond acceptors (Lipinski definition) is 2. The number of rotatable bonds is 10. The molecule has 36 heavy (non-hydrogen) atoms. The minimum absolute atomic E-state index is 0.573. The van der Waals surface area contributed by atoms with E-state index in [1.807, 2.05) is 3.58 Å². The maximum absolute atomic E-state index is 3.00. The van der Waals surface area contributed by atoms with Crippen LogP contribution in [0.3, 0.4) is 0 Å². The molecule has 0 spiro atoms. The van der Waals surface area contributed by atoms with E-state index in [0.29, 0.717) is 5.92 Å². The van der Waals surface area contributed by atoms with Crippen LogP contribution in [-0.4, -0.2) is 45.7 Å². The fourth-order valence-corrected chi connectivity index (χ4v) is 72.2. The van der Waals surface area contributed by atoms with Crippen LogP contribution in [0.15, 0.2) is 72.8 Å². The Bertz CT molecular complexity index is 1230. The van der Waals surface area contributed by atoms with Gasteiger partial charge < -0.3 is 0 Å². The molecule has 2 atom stereocenters. The van der Waals surface area contributed by atoms with Crippen molar-refractivity contribution in [3.63, 3.8) is 0 Å². The van der Waals surface area contributed by atoms with Crippen LogP contribution in [0, 0.1) is 0 Å². The number of nitrogens with zero attached hydrogens (tertiary/aromatic N) is 2. The van der Waals surface area contributed by atoms with Gasteiger partial charge in [0.25, 0.3) is 0 Å². The average molecular weight is 664 g/mol. The van der Waals surface area contributed by atoms with Gasteiger partial charge in [-0.15, -0.1) is 0 Å². The molecule has 187 valence electrons. The van der Waals surface area contributed by atoms with E-state index >= 15 is 0 Å². The van der Waals surface area contributed by atoms with E-state index in [9.17, 15) is 0 Å². The van der Waals surface area contributed by atoms with E-state index in [2.05, 4.69) is 117 Å². The van der Waals surface area contributed by atoms with Gasteiger partial charge in [0, 0.05) is 0 Å². The molecule has 4 heteroatoms. The van der Waals surface area contributed by atoms with E-state index < -0.39 is 32.0 Å². The van der Waals surface area contributed by atoms with E-state index in [1.165, 1.54) is 52.9 Å². The normalized spacial score (nSPS) is 17.2. The summed E-state index contributed by atoms with van der Waals surface area (Å²) in [5.41, 5.74) is 9.22. The van der Waals surface area contributed by atoms with E-state index in [-0.39, 0.29) is 0 Å². The van der Waals surface area contributed by atoms with Crippen LogP contribution in [0.2, 0.25) is 9.38 Å². The van der Waals surface area contributed by atoms with Crippen molar-refractivity contribution in [1.29, 1.82) is 0 Å². The van der Waals surface area contributed by atoms with Gasteiger partial charge >= 0.3 is 229 Å². The second-order valence-corrected chi connectivity index (χ2v) is 51.2. The van der Waals surface area contributed by atoms with Crippen molar-refractivity contribution < 1.29 is 18.2 Å². The summed E-state index contributed by atoms with van der Waals surface area (Å²) in [5.74, 6) is 0.573. The molecular formula is C32H41N2SnZr. The first kappa shape index (κ1) is 26.6. The van der Waals surface area contributed by atoms with E-state index in [0.717, 1.165) is 6.42 Å². The summed E-state index contributed by atoms with van der Waals surface area (Å²) in [6.45, 7) is 14.4. The quantitative estimate of drug-likeness (QED) is 0.169. The van der Waals surface area contributed by atoms with Crippen molar-refractivity contribution in [2.45, 2.75) is 49.4 Å². The summed E-state index contributed by atoms with van der Waals surface area (Å²) in [5, 5.41) is 0. The molecule has 3 aromatic rings. The first-order valence-corrected chi connectivity index (χ1v) is 32.1. The maximum atomic E-state index is 3.00. The Hall–Kier alpha value is -0.998. The Morgan fingerprint density at radius 2 is 1.42 bits per heavy atom. The van der Waals surface area contributed by atoms with Gasteiger partial charge in [0.1, 0.15) is 0 Å². The number of fused-ring (bicyclic) bond motifs is 4. The number of allylic oxidation sites excluding steroid dienone is 1. The molecule has 2 unspecified atom stereocenters. The average Bonchev–Trinajstić information content (AvgIpc) is 3.50. The number of hydrogen-bond donors (Lipinski definition) is 0. The molecule has 2 aliphatic rings. The van der Waals surface area contributed by atoms with Crippen LogP contribution in [0.25, 0.3) is 17.2 Å². The third kappa shape index (κ3) is 4.68. The molecule has 0 saturated heterocycles. The van der Waals surface area contributed by atoms with Crippen LogP contribution in [0.1, 0.15) is 55.9 Å². The molecule has 5 rings (SSSR count). The molecule has 3 aromatic carbocycles. The van der Waals surface area contributed by atoms with Gasteiger partial charge in [-0.25, -0.2) is 0 Å². The van der Waals surface area contributed by atoms with Crippen molar-refractivity contribution in [2.75, 3.05) is 26.2 Å². The standard InChI is InChI=1S/C13H9.C10H9.2C4H10N.CH3.Sn.Zr/c1-3-7-12-10(5-1)9-11-6-2-4-8-13(11)12;1-8-6-7-9-4-2-3-5-10(8)9;2*1-3-5-4-2;;;/h1-5,7-8H,9H2;2-8H,1H2;2*3-4H2,1-2H3;1H3;;/q;;2*-1;;;+2. The molecular weight excluding hydrogens is 622 g/mol. The van der Waals surface area contributed by atoms with Crippen LogP contribution in [0.5, 0.6) is 0 Å². The fraction of sp³-hybridized carbons (Fsp3) is 0.375. The van der Waals surface area contributed by atoms with Crippen molar-refractivity contribution in [3.8, 4) is 11.1 Å². The summed E-state index contributed by atoms with van der Waals surface area (Å²) in [7, 11) is 0. The molecule has 0 heterocycles. The third-order valence-electron chi connectivity index (χ3n) is 8.60. The summed E-state index contributed by atoms with van der Waals surface area (Å²) in [6, 6.07) is 25.7. The Morgan fingerprint density at radius 3 is 2.14 bits per heavy atom. The Morgan fingerprint density at radius 1 is 0.778 bits per heavy atom.